The molecule has 0 radical (unpaired) electrons. The molecule has 7 heteroatoms. The molecular weight excluding hydrogens is 379 g/mol. The highest BCUT2D eigenvalue weighted by molar-refractivity contribution is 7.46. The van der Waals surface area contributed by atoms with Crippen molar-refractivity contribution >= 4 is 40.1 Å². The Labute approximate surface area is 160 Å². The van der Waals surface area contributed by atoms with Gasteiger partial charge in [0.1, 0.15) is 6.10 Å². The molecule has 1 aliphatic rings. The lowest BCUT2D eigenvalue weighted by Gasteiger charge is -2.18. The maximum absolute atomic E-state index is 10.9. The van der Waals surface area contributed by atoms with Crippen molar-refractivity contribution in [1.82, 2.24) is 0 Å². The van der Waals surface area contributed by atoms with Gasteiger partial charge in [-0.2, -0.15) is 0 Å². The van der Waals surface area contributed by atoms with E-state index in [1.807, 2.05) is 12.1 Å². The predicted octanol–water partition coefficient (Wildman–Crippen LogP) is 3.88. The van der Waals surface area contributed by atoms with Gasteiger partial charge in [0, 0.05) is 6.42 Å². The zero-order valence-corrected chi connectivity index (χ0v) is 15.8. The molecule has 0 aromatic heterocycles. The van der Waals surface area contributed by atoms with Crippen molar-refractivity contribution in [2.24, 2.45) is 0 Å². The number of ether oxygens (including phenoxy) is 1. The number of phosphoric acid groups is 1. The molecule has 4 aromatic carbocycles. The van der Waals surface area contributed by atoms with Crippen LogP contribution in [0, 0.1) is 0 Å². The summed E-state index contributed by atoms with van der Waals surface area (Å²) in [6.07, 6.45) is -1.66. The van der Waals surface area contributed by atoms with E-state index in [1.165, 1.54) is 21.5 Å². The first-order valence-electron chi connectivity index (χ1n) is 9.11. The van der Waals surface area contributed by atoms with E-state index in [2.05, 4.69) is 47.0 Å². The van der Waals surface area contributed by atoms with Crippen molar-refractivity contribution < 1.29 is 28.7 Å². The second-order valence-electron chi connectivity index (χ2n) is 7.26. The van der Waals surface area contributed by atoms with Crippen LogP contribution in [0.4, 0.5) is 0 Å². The summed E-state index contributed by atoms with van der Waals surface area (Å²) in [5, 5.41) is 17.2. The summed E-state index contributed by atoms with van der Waals surface area (Å²) in [6, 6.07) is 18.7. The topological polar surface area (TPSA) is 96.2 Å². The van der Waals surface area contributed by atoms with Crippen LogP contribution >= 0.6 is 7.82 Å². The maximum Gasteiger partial charge on any atom is 0.469 e. The highest BCUT2D eigenvalue weighted by atomic mass is 31.2. The highest BCUT2D eigenvalue weighted by Crippen LogP contribution is 2.43. The van der Waals surface area contributed by atoms with Gasteiger partial charge in [-0.15, -0.1) is 0 Å². The number of aliphatic hydroxyl groups excluding tert-OH is 1. The molecule has 1 saturated heterocycles. The van der Waals surface area contributed by atoms with Crippen LogP contribution in [0.5, 0.6) is 0 Å². The van der Waals surface area contributed by atoms with E-state index in [9.17, 15) is 9.67 Å². The molecule has 1 fully saturated rings. The first-order chi connectivity index (χ1) is 13.4. The van der Waals surface area contributed by atoms with Crippen LogP contribution in [0.25, 0.3) is 32.3 Å². The largest absolute Gasteiger partial charge is 0.469 e. The van der Waals surface area contributed by atoms with Crippen LogP contribution in [0.1, 0.15) is 18.1 Å². The molecule has 3 atom stereocenters. The molecule has 0 bridgehead atoms. The number of aliphatic hydroxyl groups is 1. The van der Waals surface area contributed by atoms with Gasteiger partial charge < -0.3 is 19.6 Å². The number of phosphoric ester groups is 1. The maximum atomic E-state index is 10.9. The lowest BCUT2D eigenvalue weighted by Crippen LogP contribution is -2.25. The van der Waals surface area contributed by atoms with Gasteiger partial charge in [0.25, 0.3) is 0 Å². The molecule has 5 rings (SSSR count). The molecule has 0 unspecified atom stereocenters. The zero-order chi connectivity index (χ0) is 19.5. The summed E-state index contributed by atoms with van der Waals surface area (Å²) in [5.74, 6) is 0. The highest BCUT2D eigenvalue weighted by Gasteiger charge is 2.37. The first-order valence-corrected chi connectivity index (χ1v) is 10.6. The fourth-order valence-electron chi connectivity index (χ4n) is 4.29. The van der Waals surface area contributed by atoms with Gasteiger partial charge in [-0.05, 0) is 37.9 Å². The average Bonchev–Trinajstić information content (AvgIpc) is 3.04. The summed E-state index contributed by atoms with van der Waals surface area (Å²) >= 11 is 0. The van der Waals surface area contributed by atoms with Crippen LogP contribution in [-0.4, -0.2) is 33.7 Å². The van der Waals surface area contributed by atoms with E-state index in [1.54, 1.807) is 0 Å². The van der Waals surface area contributed by atoms with E-state index in [4.69, 9.17) is 14.5 Å². The molecule has 3 N–H and O–H groups in total. The summed E-state index contributed by atoms with van der Waals surface area (Å²) in [7, 11) is -4.61. The smallest absolute Gasteiger partial charge is 0.390 e. The second kappa shape index (κ2) is 6.49. The molecule has 144 valence electrons. The van der Waals surface area contributed by atoms with Gasteiger partial charge in [0.05, 0.1) is 18.8 Å². The Balaban J connectivity index is 1.57. The Morgan fingerprint density at radius 1 is 0.964 bits per heavy atom. The summed E-state index contributed by atoms with van der Waals surface area (Å²) in [6.45, 7) is -0.353. The standard InChI is InChI=1S/C21H19O6P/c22-17-10-18(27-19(17)11-26-28(23,24)25)15-8-6-14-5-4-12-2-1-3-13-7-9-16(15)21(14)20(12)13/h1-9,17-19,22H,10-11H2,(H2,23,24,25)/t17-,18+,19+/m0/s1. The monoisotopic (exact) mass is 398 g/mol. The van der Waals surface area contributed by atoms with Crippen molar-refractivity contribution in [2.75, 3.05) is 6.61 Å². The Kier molecular flexibility index (Phi) is 4.18. The van der Waals surface area contributed by atoms with Gasteiger partial charge in [-0.25, -0.2) is 4.57 Å². The Bertz CT molecular complexity index is 1200. The second-order valence-corrected chi connectivity index (χ2v) is 8.50. The number of rotatable bonds is 4. The van der Waals surface area contributed by atoms with Crippen LogP contribution in [0.2, 0.25) is 0 Å². The zero-order valence-electron chi connectivity index (χ0n) is 14.9. The molecular formula is C21H19O6P. The SMILES string of the molecule is O=P(O)(O)OC[C@H]1O[C@@H](c2ccc3ccc4cccc5ccc2c3c45)C[C@@H]1O. The van der Waals surface area contributed by atoms with Gasteiger partial charge in [-0.3, -0.25) is 4.52 Å². The molecule has 28 heavy (non-hydrogen) atoms. The van der Waals surface area contributed by atoms with E-state index >= 15 is 0 Å². The minimum atomic E-state index is -4.61. The normalized spacial score (nSPS) is 23.3. The van der Waals surface area contributed by atoms with E-state index in [-0.39, 0.29) is 12.7 Å². The number of hydrogen-bond acceptors (Lipinski definition) is 4. The number of benzene rings is 4. The lowest BCUT2D eigenvalue weighted by atomic mass is 9.90. The van der Waals surface area contributed by atoms with Gasteiger partial charge in [0.15, 0.2) is 0 Å². The van der Waals surface area contributed by atoms with Crippen LogP contribution < -0.4 is 0 Å². The third-order valence-corrected chi connectivity index (χ3v) is 6.03. The van der Waals surface area contributed by atoms with Crippen molar-refractivity contribution in [3.63, 3.8) is 0 Å². The number of hydrogen-bond donors (Lipinski definition) is 3. The molecule has 1 aliphatic heterocycles. The summed E-state index contributed by atoms with van der Waals surface area (Å²) in [5.41, 5.74) is 0.962. The minimum absolute atomic E-state index is 0.346. The lowest BCUT2D eigenvalue weighted by molar-refractivity contribution is -0.0217. The summed E-state index contributed by atoms with van der Waals surface area (Å²) in [4.78, 5) is 17.8. The molecule has 0 aliphatic carbocycles. The van der Waals surface area contributed by atoms with Crippen molar-refractivity contribution in [2.45, 2.75) is 24.7 Å². The minimum Gasteiger partial charge on any atom is -0.390 e. The molecule has 6 nitrogen and oxygen atoms in total. The molecule has 0 amide bonds. The van der Waals surface area contributed by atoms with E-state index in [0.29, 0.717) is 6.42 Å². The van der Waals surface area contributed by atoms with Gasteiger partial charge in [0.2, 0.25) is 0 Å². The van der Waals surface area contributed by atoms with Gasteiger partial charge in [-0.1, -0.05) is 54.6 Å². The predicted molar refractivity (Wildman–Crippen MR) is 106 cm³/mol. The summed E-state index contributed by atoms with van der Waals surface area (Å²) < 4.78 is 21.4. The van der Waals surface area contributed by atoms with Crippen molar-refractivity contribution in [1.29, 1.82) is 0 Å². The first kappa shape index (κ1) is 18.0. The molecule has 0 spiro atoms. The third-order valence-electron chi connectivity index (χ3n) is 5.54. The Morgan fingerprint density at radius 2 is 1.61 bits per heavy atom. The van der Waals surface area contributed by atoms with Crippen LogP contribution in [0.15, 0.2) is 54.6 Å². The van der Waals surface area contributed by atoms with Crippen LogP contribution in [-0.2, 0) is 13.8 Å². The Morgan fingerprint density at radius 3 is 2.32 bits per heavy atom. The van der Waals surface area contributed by atoms with Crippen molar-refractivity contribution in [3.05, 3.63) is 60.2 Å². The van der Waals surface area contributed by atoms with Crippen molar-refractivity contribution in [3.8, 4) is 0 Å². The molecule has 0 saturated carbocycles. The fourth-order valence-corrected chi connectivity index (χ4v) is 4.63. The van der Waals surface area contributed by atoms with Crippen LogP contribution in [0.3, 0.4) is 0 Å². The average molecular weight is 398 g/mol. The van der Waals surface area contributed by atoms with E-state index < -0.39 is 20.0 Å². The van der Waals surface area contributed by atoms with E-state index in [0.717, 1.165) is 16.3 Å². The quantitative estimate of drug-likeness (QED) is 0.357. The fraction of sp³-hybridized carbons (Fsp3) is 0.238. The molecule has 4 aromatic rings. The van der Waals surface area contributed by atoms with Gasteiger partial charge >= 0.3 is 7.82 Å². The Hall–Kier alpha value is -2.05. The third kappa shape index (κ3) is 2.99. The molecule has 1 heterocycles.